The predicted molar refractivity (Wildman–Crippen MR) is 70.1 cm³/mol. The molecule has 3 rings (SSSR count). The van der Waals surface area contributed by atoms with Gasteiger partial charge in [0.05, 0.1) is 11.4 Å². The van der Waals surface area contributed by atoms with E-state index in [2.05, 4.69) is 6.92 Å². The van der Waals surface area contributed by atoms with Crippen LogP contribution in [0.5, 0.6) is 5.75 Å². The van der Waals surface area contributed by atoms with Crippen LogP contribution in [-0.4, -0.2) is 22.9 Å². The molecule has 1 saturated heterocycles. The van der Waals surface area contributed by atoms with E-state index in [4.69, 9.17) is 4.74 Å². The van der Waals surface area contributed by atoms with Crippen LogP contribution in [0.2, 0.25) is 0 Å². The first-order chi connectivity index (χ1) is 8.19. The molecule has 0 aromatic heterocycles. The molecule has 3 heteroatoms. The molecule has 0 spiro atoms. The number of hydrogen-bond acceptors (Lipinski definition) is 3. The second-order valence-corrected chi connectivity index (χ2v) is 6.53. The zero-order valence-electron chi connectivity index (χ0n) is 9.99. The molecule has 1 fully saturated rings. The van der Waals surface area contributed by atoms with Gasteiger partial charge >= 0.3 is 0 Å². The number of thioether (sulfide) groups is 1. The predicted octanol–water partition coefficient (Wildman–Crippen LogP) is 3.09. The van der Waals surface area contributed by atoms with Crippen molar-refractivity contribution in [1.29, 1.82) is 0 Å². The number of carbonyl (C=O) groups is 1. The molecule has 2 aliphatic heterocycles. The average molecular weight is 248 g/mol. The van der Waals surface area contributed by atoms with Crippen molar-refractivity contribution in [3.63, 3.8) is 0 Å². The highest BCUT2D eigenvalue weighted by molar-refractivity contribution is 8.01. The molecule has 1 aromatic carbocycles. The Morgan fingerprint density at radius 3 is 3.12 bits per heavy atom. The minimum atomic E-state index is -0.201. The number of hydrogen-bond donors (Lipinski definition) is 0. The third-order valence-electron chi connectivity index (χ3n) is 3.65. The van der Waals surface area contributed by atoms with Crippen molar-refractivity contribution < 1.29 is 9.53 Å². The Bertz CT molecular complexity index is 461. The van der Waals surface area contributed by atoms with E-state index in [1.807, 2.05) is 18.2 Å². The van der Waals surface area contributed by atoms with Gasteiger partial charge in [-0.05, 0) is 49.3 Å². The molecule has 17 heavy (non-hydrogen) atoms. The fourth-order valence-corrected chi connectivity index (χ4v) is 3.87. The Balaban J connectivity index is 1.91. The van der Waals surface area contributed by atoms with E-state index < -0.39 is 0 Å². The van der Waals surface area contributed by atoms with Gasteiger partial charge in [0, 0.05) is 12.0 Å². The van der Waals surface area contributed by atoms with Gasteiger partial charge in [-0.1, -0.05) is 0 Å². The molecule has 2 heterocycles. The molecule has 0 amide bonds. The standard InChI is InChI=1S/C14H16O2S/c1-14(6-2-8-17-14)13(15)11-3-4-12-10(9-11)5-7-16-12/h3-4,9H,2,5-8H2,1H3. The van der Waals surface area contributed by atoms with E-state index in [9.17, 15) is 4.79 Å². The first kappa shape index (κ1) is 11.1. The van der Waals surface area contributed by atoms with Gasteiger partial charge in [-0.2, -0.15) is 0 Å². The molecular weight excluding hydrogens is 232 g/mol. The monoisotopic (exact) mass is 248 g/mol. The van der Waals surface area contributed by atoms with Crippen LogP contribution in [0.1, 0.15) is 35.7 Å². The van der Waals surface area contributed by atoms with Crippen LogP contribution in [0.4, 0.5) is 0 Å². The zero-order chi connectivity index (χ0) is 11.9. The maximum absolute atomic E-state index is 12.5. The third-order valence-corrected chi connectivity index (χ3v) is 5.17. The number of ether oxygens (including phenoxy) is 1. The van der Waals surface area contributed by atoms with E-state index in [-0.39, 0.29) is 10.5 Å². The van der Waals surface area contributed by atoms with Gasteiger partial charge in [0.1, 0.15) is 5.75 Å². The normalized spacial score (nSPS) is 26.6. The molecule has 2 nitrogen and oxygen atoms in total. The van der Waals surface area contributed by atoms with Crippen LogP contribution in [0.15, 0.2) is 18.2 Å². The first-order valence-corrected chi connectivity index (χ1v) is 7.12. The fourth-order valence-electron chi connectivity index (χ4n) is 2.59. The van der Waals surface area contributed by atoms with Gasteiger partial charge < -0.3 is 4.74 Å². The van der Waals surface area contributed by atoms with Crippen LogP contribution >= 0.6 is 11.8 Å². The summed E-state index contributed by atoms with van der Waals surface area (Å²) in [7, 11) is 0. The lowest BCUT2D eigenvalue weighted by atomic mass is 9.93. The number of rotatable bonds is 2. The molecule has 0 aliphatic carbocycles. The number of carbonyl (C=O) groups excluding carboxylic acids is 1. The number of benzene rings is 1. The van der Waals surface area contributed by atoms with Gasteiger partial charge in [0.25, 0.3) is 0 Å². The van der Waals surface area contributed by atoms with Crippen LogP contribution in [0.25, 0.3) is 0 Å². The summed E-state index contributed by atoms with van der Waals surface area (Å²) in [5, 5.41) is 0. The quantitative estimate of drug-likeness (QED) is 0.752. The van der Waals surface area contributed by atoms with Gasteiger partial charge in [-0.3, -0.25) is 4.79 Å². The third kappa shape index (κ3) is 1.86. The van der Waals surface area contributed by atoms with E-state index >= 15 is 0 Å². The maximum atomic E-state index is 12.5. The van der Waals surface area contributed by atoms with Crippen molar-refractivity contribution in [2.45, 2.75) is 30.9 Å². The highest BCUT2D eigenvalue weighted by Gasteiger charge is 2.37. The van der Waals surface area contributed by atoms with Crippen molar-refractivity contribution in [1.82, 2.24) is 0 Å². The lowest BCUT2D eigenvalue weighted by molar-refractivity contribution is 0.0949. The van der Waals surface area contributed by atoms with Gasteiger partial charge in [0.15, 0.2) is 5.78 Å². The molecule has 1 aromatic rings. The molecule has 2 aliphatic rings. The molecule has 0 bridgehead atoms. The summed E-state index contributed by atoms with van der Waals surface area (Å²) >= 11 is 1.80. The largest absolute Gasteiger partial charge is 0.493 e. The van der Waals surface area contributed by atoms with Crippen molar-refractivity contribution in [2.75, 3.05) is 12.4 Å². The molecule has 90 valence electrons. The van der Waals surface area contributed by atoms with Crippen LogP contribution < -0.4 is 4.74 Å². The second kappa shape index (κ2) is 4.05. The zero-order valence-corrected chi connectivity index (χ0v) is 10.8. The summed E-state index contributed by atoms with van der Waals surface area (Å²) in [5.41, 5.74) is 2.04. The molecule has 1 atom stereocenters. The highest BCUT2D eigenvalue weighted by atomic mass is 32.2. The van der Waals surface area contributed by atoms with E-state index in [0.29, 0.717) is 0 Å². The van der Waals surface area contributed by atoms with Crippen LogP contribution in [-0.2, 0) is 6.42 Å². The van der Waals surface area contributed by atoms with E-state index in [1.165, 1.54) is 5.56 Å². The number of fused-ring (bicyclic) bond motifs is 1. The smallest absolute Gasteiger partial charge is 0.178 e. The van der Waals surface area contributed by atoms with Crippen molar-refractivity contribution in [3.8, 4) is 5.75 Å². The topological polar surface area (TPSA) is 26.3 Å². The van der Waals surface area contributed by atoms with Crippen molar-refractivity contribution in [3.05, 3.63) is 29.3 Å². The fraction of sp³-hybridized carbons (Fsp3) is 0.500. The van der Waals surface area contributed by atoms with Gasteiger partial charge in [0.2, 0.25) is 0 Å². The summed E-state index contributed by atoms with van der Waals surface area (Å²) in [6, 6.07) is 5.88. The average Bonchev–Trinajstić information content (AvgIpc) is 2.96. The van der Waals surface area contributed by atoms with Crippen molar-refractivity contribution in [2.24, 2.45) is 0 Å². The molecule has 1 unspecified atom stereocenters. The Hall–Kier alpha value is -0.960. The Morgan fingerprint density at radius 2 is 2.35 bits per heavy atom. The second-order valence-electron chi connectivity index (χ2n) is 4.93. The minimum Gasteiger partial charge on any atom is -0.493 e. The summed E-state index contributed by atoms with van der Waals surface area (Å²) in [6.45, 7) is 2.83. The molecule has 0 radical (unpaired) electrons. The number of ketones is 1. The summed E-state index contributed by atoms with van der Waals surface area (Å²) in [4.78, 5) is 12.5. The summed E-state index contributed by atoms with van der Waals surface area (Å²) in [6.07, 6.45) is 3.09. The van der Waals surface area contributed by atoms with Gasteiger partial charge in [-0.25, -0.2) is 0 Å². The lowest BCUT2D eigenvalue weighted by Gasteiger charge is -2.21. The first-order valence-electron chi connectivity index (χ1n) is 6.13. The minimum absolute atomic E-state index is 0.201. The Morgan fingerprint density at radius 1 is 1.47 bits per heavy atom. The van der Waals surface area contributed by atoms with E-state index in [1.54, 1.807) is 11.8 Å². The SMILES string of the molecule is CC1(C(=O)c2ccc3c(c2)CCO3)CCCS1. The van der Waals surface area contributed by atoms with Crippen LogP contribution in [0, 0.1) is 0 Å². The molecule has 0 saturated carbocycles. The lowest BCUT2D eigenvalue weighted by Crippen LogP contribution is -2.28. The molecule has 0 N–H and O–H groups in total. The number of Topliss-reactive ketones (excluding diaryl/α,β-unsaturated/α-hetero) is 1. The summed E-state index contributed by atoms with van der Waals surface area (Å²) < 4.78 is 5.27. The van der Waals surface area contributed by atoms with Gasteiger partial charge in [-0.15, -0.1) is 11.8 Å². The summed E-state index contributed by atoms with van der Waals surface area (Å²) in [5.74, 6) is 2.34. The Labute approximate surface area is 106 Å². The highest BCUT2D eigenvalue weighted by Crippen LogP contribution is 2.40. The maximum Gasteiger partial charge on any atom is 0.178 e. The Kier molecular flexibility index (Phi) is 2.66. The van der Waals surface area contributed by atoms with Crippen LogP contribution in [0.3, 0.4) is 0 Å². The van der Waals surface area contributed by atoms with Crippen molar-refractivity contribution >= 4 is 17.5 Å². The van der Waals surface area contributed by atoms with E-state index in [0.717, 1.165) is 42.9 Å². The molecular formula is C14H16O2S.